The Morgan fingerprint density at radius 2 is 1.73 bits per heavy atom. The number of aromatic nitrogens is 1. The number of anilines is 1. The fraction of sp³-hybridized carbons (Fsp3) is 0.296. The molecule has 0 spiro atoms. The molecule has 3 nitrogen and oxygen atoms in total. The van der Waals surface area contributed by atoms with Crippen LogP contribution in [0.15, 0.2) is 72.9 Å². The highest BCUT2D eigenvalue weighted by molar-refractivity contribution is 5.91. The van der Waals surface area contributed by atoms with Crippen LogP contribution in [0.25, 0.3) is 21.7 Å². The van der Waals surface area contributed by atoms with Gasteiger partial charge in [0.2, 0.25) is 0 Å². The lowest BCUT2D eigenvalue weighted by Crippen LogP contribution is -2.26. The summed E-state index contributed by atoms with van der Waals surface area (Å²) >= 11 is 0. The van der Waals surface area contributed by atoms with E-state index in [1.807, 2.05) is 6.07 Å². The molecule has 1 heterocycles. The lowest BCUT2D eigenvalue weighted by Gasteiger charge is -2.23. The number of benzene rings is 3. The van der Waals surface area contributed by atoms with Gasteiger partial charge in [0.1, 0.15) is 0 Å². The summed E-state index contributed by atoms with van der Waals surface area (Å²) in [6.45, 7) is 5.77. The Kier molecular flexibility index (Phi) is 7.14. The van der Waals surface area contributed by atoms with Crippen molar-refractivity contribution in [1.29, 1.82) is 0 Å². The summed E-state index contributed by atoms with van der Waals surface area (Å²) < 4.78 is 39.0. The Labute approximate surface area is 192 Å². The van der Waals surface area contributed by atoms with Crippen molar-refractivity contribution < 1.29 is 13.2 Å². The molecule has 0 atom stereocenters. The van der Waals surface area contributed by atoms with Crippen molar-refractivity contribution >= 4 is 27.4 Å². The van der Waals surface area contributed by atoms with Gasteiger partial charge in [-0.3, -0.25) is 9.88 Å². The van der Waals surface area contributed by atoms with E-state index < -0.39 is 11.7 Å². The minimum absolute atomic E-state index is 0.346. The van der Waals surface area contributed by atoms with Crippen molar-refractivity contribution in [3.05, 3.63) is 84.1 Å². The monoisotopic (exact) mass is 451 g/mol. The first-order chi connectivity index (χ1) is 16.0. The van der Waals surface area contributed by atoms with Crippen molar-refractivity contribution in [3.63, 3.8) is 0 Å². The summed E-state index contributed by atoms with van der Waals surface area (Å²) in [7, 11) is 0. The first-order valence-corrected chi connectivity index (χ1v) is 11.3. The fourth-order valence-electron chi connectivity index (χ4n) is 4.26. The normalized spacial score (nSPS) is 12.0. The number of hydrogen-bond donors (Lipinski definition) is 1. The third-order valence-electron chi connectivity index (χ3n) is 5.85. The maximum Gasteiger partial charge on any atom is 0.416 e. The second-order valence-corrected chi connectivity index (χ2v) is 8.28. The molecule has 0 saturated heterocycles. The SMILES string of the molecule is CCCN(CCCNc1ccnc2cc(C(F)(F)F)ccc12)Cc1cccc2ccccc12. The van der Waals surface area contributed by atoms with Crippen LogP contribution in [-0.2, 0) is 12.7 Å². The summed E-state index contributed by atoms with van der Waals surface area (Å²) in [4.78, 5) is 6.58. The molecule has 0 aliphatic carbocycles. The lowest BCUT2D eigenvalue weighted by atomic mass is 10.0. The third-order valence-corrected chi connectivity index (χ3v) is 5.85. The number of alkyl halides is 3. The van der Waals surface area contributed by atoms with E-state index in [4.69, 9.17) is 0 Å². The molecule has 4 aromatic rings. The van der Waals surface area contributed by atoms with Crippen LogP contribution in [0.5, 0.6) is 0 Å². The molecular formula is C27H28F3N3. The Hall–Kier alpha value is -3.12. The number of halogens is 3. The second kappa shape index (κ2) is 10.2. The molecule has 0 aliphatic heterocycles. The predicted octanol–water partition coefficient (Wildman–Crippen LogP) is 7.12. The quantitative estimate of drug-likeness (QED) is 0.275. The van der Waals surface area contributed by atoms with E-state index in [-0.39, 0.29) is 0 Å². The average Bonchev–Trinajstić information content (AvgIpc) is 2.81. The van der Waals surface area contributed by atoms with Gasteiger partial charge >= 0.3 is 6.18 Å². The number of rotatable bonds is 9. The van der Waals surface area contributed by atoms with E-state index in [9.17, 15) is 13.2 Å². The maximum atomic E-state index is 13.0. The minimum Gasteiger partial charge on any atom is -0.384 e. The van der Waals surface area contributed by atoms with Gasteiger partial charge in [-0.15, -0.1) is 0 Å². The van der Waals surface area contributed by atoms with Gasteiger partial charge < -0.3 is 5.32 Å². The summed E-state index contributed by atoms with van der Waals surface area (Å²) in [6, 6.07) is 20.4. The van der Waals surface area contributed by atoms with Crippen LogP contribution in [0, 0.1) is 0 Å². The molecule has 0 amide bonds. The zero-order valence-electron chi connectivity index (χ0n) is 18.7. The summed E-state index contributed by atoms with van der Waals surface area (Å²) in [5.41, 5.74) is 1.81. The average molecular weight is 452 g/mol. The van der Waals surface area contributed by atoms with Gasteiger partial charge in [0.05, 0.1) is 11.1 Å². The number of nitrogens with zero attached hydrogens (tertiary/aromatic N) is 2. The van der Waals surface area contributed by atoms with Crippen molar-refractivity contribution in [1.82, 2.24) is 9.88 Å². The molecule has 0 bridgehead atoms. The lowest BCUT2D eigenvalue weighted by molar-refractivity contribution is -0.137. The smallest absolute Gasteiger partial charge is 0.384 e. The van der Waals surface area contributed by atoms with Gasteiger partial charge in [-0.25, -0.2) is 0 Å². The molecular weight excluding hydrogens is 423 g/mol. The molecule has 0 radical (unpaired) electrons. The van der Waals surface area contributed by atoms with Crippen LogP contribution in [0.3, 0.4) is 0 Å². The van der Waals surface area contributed by atoms with Gasteiger partial charge in [-0.2, -0.15) is 13.2 Å². The molecule has 172 valence electrons. The molecule has 0 fully saturated rings. The molecule has 4 rings (SSSR count). The van der Waals surface area contributed by atoms with Crippen LogP contribution in [0.2, 0.25) is 0 Å². The first-order valence-electron chi connectivity index (χ1n) is 11.3. The Balaban J connectivity index is 1.39. The zero-order valence-corrected chi connectivity index (χ0v) is 18.7. The van der Waals surface area contributed by atoms with E-state index in [1.54, 1.807) is 6.20 Å². The number of pyridine rings is 1. The Bertz CT molecular complexity index is 1210. The van der Waals surface area contributed by atoms with Crippen molar-refractivity contribution in [2.45, 2.75) is 32.5 Å². The van der Waals surface area contributed by atoms with E-state index in [2.05, 4.69) is 64.6 Å². The summed E-state index contributed by atoms with van der Waals surface area (Å²) in [6.07, 6.45) is -0.815. The standard InChI is InChI=1S/C27H28F3N3/c1-2-16-33(19-21-9-5-8-20-7-3-4-10-23(20)21)17-6-14-31-25-13-15-32-26-18-22(27(28,29)30)11-12-24(25)26/h3-5,7-13,15,18H,2,6,14,16-17,19H2,1H3,(H,31,32). The highest BCUT2D eigenvalue weighted by atomic mass is 19.4. The van der Waals surface area contributed by atoms with Crippen molar-refractivity contribution in [3.8, 4) is 0 Å². The first kappa shape index (κ1) is 23.1. The highest BCUT2D eigenvalue weighted by Gasteiger charge is 2.30. The Morgan fingerprint density at radius 1 is 0.909 bits per heavy atom. The van der Waals surface area contributed by atoms with Gasteiger partial charge in [0.15, 0.2) is 0 Å². The highest BCUT2D eigenvalue weighted by Crippen LogP contribution is 2.32. The summed E-state index contributed by atoms with van der Waals surface area (Å²) in [5.74, 6) is 0. The Morgan fingerprint density at radius 3 is 2.55 bits per heavy atom. The van der Waals surface area contributed by atoms with E-state index >= 15 is 0 Å². The largest absolute Gasteiger partial charge is 0.416 e. The fourth-order valence-corrected chi connectivity index (χ4v) is 4.26. The molecule has 1 N–H and O–H groups in total. The third kappa shape index (κ3) is 5.63. The second-order valence-electron chi connectivity index (χ2n) is 8.28. The van der Waals surface area contributed by atoms with Crippen LogP contribution < -0.4 is 5.32 Å². The minimum atomic E-state index is -4.37. The molecule has 33 heavy (non-hydrogen) atoms. The zero-order chi connectivity index (χ0) is 23.3. The van der Waals surface area contributed by atoms with Crippen LogP contribution in [0.1, 0.15) is 30.9 Å². The number of hydrogen-bond acceptors (Lipinski definition) is 3. The van der Waals surface area contributed by atoms with Crippen LogP contribution in [0.4, 0.5) is 18.9 Å². The van der Waals surface area contributed by atoms with Crippen LogP contribution in [-0.4, -0.2) is 29.5 Å². The van der Waals surface area contributed by atoms with E-state index in [0.717, 1.165) is 56.8 Å². The van der Waals surface area contributed by atoms with Gasteiger partial charge in [0, 0.05) is 36.9 Å². The van der Waals surface area contributed by atoms with E-state index in [0.29, 0.717) is 10.9 Å². The molecule has 0 aliphatic rings. The molecule has 3 aromatic carbocycles. The topological polar surface area (TPSA) is 28.2 Å². The van der Waals surface area contributed by atoms with Gasteiger partial charge in [0.25, 0.3) is 0 Å². The maximum absolute atomic E-state index is 13.0. The summed E-state index contributed by atoms with van der Waals surface area (Å²) in [5, 5.41) is 6.64. The number of nitrogens with one attached hydrogen (secondary N) is 1. The van der Waals surface area contributed by atoms with Crippen molar-refractivity contribution in [2.75, 3.05) is 25.0 Å². The molecule has 1 aromatic heterocycles. The van der Waals surface area contributed by atoms with Gasteiger partial charge in [-0.1, -0.05) is 55.5 Å². The molecule has 6 heteroatoms. The van der Waals surface area contributed by atoms with Crippen LogP contribution >= 0.6 is 0 Å². The molecule has 0 saturated carbocycles. The predicted molar refractivity (Wildman–Crippen MR) is 129 cm³/mol. The van der Waals surface area contributed by atoms with Crippen molar-refractivity contribution in [2.24, 2.45) is 0 Å². The molecule has 0 unspecified atom stereocenters. The van der Waals surface area contributed by atoms with Gasteiger partial charge in [-0.05, 0) is 53.9 Å². The number of fused-ring (bicyclic) bond motifs is 2. The van der Waals surface area contributed by atoms with E-state index in [1.165, 1.54) is 22.4 Å².